The Balaban J connectivity index is 2.77. The first-order valence-electron chi connectivity index (χ1n) is 4.88. The maximum absolute atomic E-state index is 11.8. The van der Waals surface area contributed by atoms with Gasteiger partial charge in [0.2, 0.25) is 5.91 Å². The van der Waals surface area contributed by atoms with E-state index in [2.05, 4.69) is 0 Å². The van der Waals surface area contributed by atoms with Crippen LogP contribution in [0.4, 0.5) is 0 Å². The van der Waals surface area contributed by atoms with Crippen LogP contribution in [0.1, 0.15) is 33.6 Å². The maximum atomic E-state index is 11.8. The van der Waals surface area contributed by atoms with Crippen molar-refractivity contribution < 1.29 is 14.7 Å². The number of carbonyl (C=O) groups excluding carboxylic acids is 1. The molecule has 0 aliphatic carbocycles. The van der Waals surface area contributed by atoms with Crippen LogP contribution in [-0.2, 0) is 9.59 Å². The van der Waals surface area contributed by atoms with Crippen LogP contribution < -0.4 is 0 Å². The van der Waals surface area contributed by atoms with Gasteiger partial charge >= 0.3 is 5.97 Å². The SMILES string of the molecule is CC(C)(C)C(=O)N1CCC[C@H]1C(=O)O. The number of amides is 1. The molecule has 14 heavy (non-hydrogen) atoms. The van der Waals surface area contributed by atoms with E-state index >= 15 is 0 Å². The molecule has 1 aliphatic rings. The van der Waals surface area contributed by atoms with Crippen LogP contribution in [0.5, 0.6) is 0 Å². The number of carboxylic acid groups (broad SMARTS) is 1. The number of aliphatic carboxylic acids is 1. The van der Waals surface area contributed by atoms with Crippen molar-refractivity contribution in [2.24, 2.45) is 5.41 Å². The summed E-state index contributed by atoms with van der Waals surface area (Å²) in [6, 6.07) is -0.610. The lowest BCUT2D eigenvalue weighted by atomic mass is 9.94. The molecule has 1 fully saturated rings. The van der Waals surface area contributed by atoms with Crippen molar-refractivity contribution in [1.82, 2.24) is 4.90 Å². The molecule has 1 heterocycles. The van der Waals surface area contributed by atoms with Gasteiger partial charge in [-0.2, -0.15) is 0 Å². The number of hydrogen-bond donors (Lipinski definition) is 1. The van der Waals surface area contributed by atoms with Crippen LogP contribution in [0.2, 0.25) is 0 Å². The molecule has 1 atom stereocenters. The Kier molecular flexibility index (Phi) is 2.83. The first-order chi connectivity index (χ1) is 6.34. The molecule has 0 aromatic heterocycles. The monoisotopic (exact) mass is 199 g/mol. The lowest BCUT2D eigenvalue weighted by Gasteiger charge is -2.28. The third kappa shape index (κ3) is 2.05. The minimum Gasteiger partial charge on any atom is -0.480 e. The molecule has 0 saturated carbocycles. The van der Waals surface area contributed by atoms with E-state index < -0.39 is 17.4 Å². The molecule has 0 aromatic carbocycles. The second-order valence-electron chi connectivity index (χ2n) is 4.74. The highest BCUT2D eigenvalue weighted by molar-refractivity contribution is 5.87. The zero-order valence-corrected chi connectivity index (χ0v) is 8.91. The fourth-order valence-corrected chi connectivity index (χ4v) is 1.70. The molecule has 0 radical (unpaired) electrons. The Bertz CT molecular complexity index is 255. The lowest BCUT2D eigenvalue weighted by molar-refractivity contribution is -0.151. The van der Waals surface area contributed by atoms with Gasteiger partial charge in [-0.3, -0.25) is 4.79 Å². The second kappa shape index (κ2) is 3.59. The van der Waals surface area contributed by atoms with Crippen molar-refractivity contribution >= 4 is 11.9 Å². The predicted octanol–water partition coefficient (Wildman–Crippen LogP) is 1.11. The van der Waals surface area contributed by atoms with Gasteiger partial charge in [0, 0.05) is 12.0 Å². The highest BCUT2D eigenvalue weighted by Gasteiger charge is 2.38. The third-order valence-corrected chi connectivity index (χ3v) is 2.44. The molecule has 1 rings (SSSR count). The van der Waals surface area contributed by atoms with E-state index in [1.165, 1.54) is 4.90 Å². The topological polar surface area (TPSA) is 57.6 Å². The van der Waals surface area contributed by atoms with Gasteiger partial charge in [-0.15, -0.1) is 0 Å². The van der Waals surface area contributed by atoms with Crippen molar-refractivity contribution in [2.75, 3.05) is 6.54 Å². The van der Waals surface area contributed by atoms with Crippen LogP contribution in [-0.4, -0.2) is 34.5 Å². The van der Waals surface area contributed by atoms with Gasteiger partial charge in [0.1, 0.15) is 6.04 Å². The van der Waals surface area contributed by atoms with Crippen molar-refractivity contribution in [3.05, 3.63) is 0 Å². The van der Waals surface area contributed by atoms with E-state index in [9.17, 15) is 9.59 Å². The molecule has 1 amide bonds. The fraction of sp³-hybridized carbons (Fsp3) is 0.800. The summed E-state index contributed by atoms with van der Waals surface area (Å²) in [6.45, 7) is 6.01. The summed E-state index contributed by atoms with van der Waals surface area (Å²) >= 11 is 0. The fourth-order valence-electron chi connectivity index (χ4n) is 1.70. The van der Waals surface area contributed by atoms with Gasteiger partial charge in [-0.1, -0.05) is 20.8 Å². The minimum absolute atomic E-state index is 0.0672. The van der Waals surface area contributed by atoms with Gasteiger partial charge in [0.15, 0.2) is 0 Å². The number of carbonyl (C=O) groups is 2. The molecule has 1 N–H and O–H groups in total. The molecule has 1 aliphatic heterocycles. The van der Waals surface area contributed by atoms with E-state index in [1.807, 2.05) is 20.8 Å². The molecule has 0 spiro atoms. The van der Waals surface area contributed by atoms with Gasteiger partial charge in [-0.25, -0.2) is 4.79 Å². The summed E-state index contributed by atoms with van der Waals surface area (Å²) < 4.78 is 0. The maximum Gasteiger partial charge on any atom is 0.326 e. The van der Waals surface area contributed by atoms with Crippen LogP contribution in [0.3, 0.4) is 0 Å². The molecule has 0 unspecified atom stereocenters. The van der Waals surface area contributed by atoms with E-state index in [-0.39, 0.29) is 5.91 Å². The number of carboxylic acids is 1. The van der Waals surface area contributed by atoms with E-state index in [1.54, 1.807) is 0 Å². The summed E-state index contributed by atoms with van der Waals surface area (Å²) in [4.78, 5) is 24.2. The second-order valence-corrected chi connectivity index (χ2v) is 4.74. The molecule has 0 aromatic rings. The molecular formula is C10H17NO3. The van der Waals surface area contributed by atoms with Gasteiger partial charge in [0.25, 0.3) is 0 Å². The van der Waals surface area contributed by atoms with Crippen LogP contribution >= 0.6 is 0 Å². The lowest BCUT2D eigenvalue weighted by Crippen LogP contribution is -2.45. The van der Waals surface area contributed by atoms with Crippen LogP contribution in [0, 0.1) is 5.41 Å². The largest absolute Gasteiger partial charge is 0.480 e. The Morgan fingerprint density at radius 2 is 1.93 bits per heavy atom. The quantitative estimate of drug-likeness (QED) is 0.688. The Hall–Kier alpha value is -1.06. The minimum atomic E-state index is -0.889. The first kappa shape index (κ1) is 11.0. The van der Waals surface area contributed by atoms with Gasteiger partial charge in [-0.05, 0) is 12.8 Å². The highest BCUT2D eigenvalue weighted by atomic mass is 16.4. The van der Waals surface area contributed by atoms with Crippen molar-refractivity contribution in [2.45, 2.75) is 39.7 Å². The highest BCUT2D eigenvalue weighted by Crippen LogP contribution is 2.25. The van der Waals surface area contributed by atoms with Crippen molar-refractivity contribution in [3.8, 4) is 0 Å². The van der Waals surface area contributed by atoms with Crippen LogP contribution in [0.25, 0.3) is 0 Å². The summed E-state index contributed by atoms with van der Waals surface area (Å²) in [5.74, 6) is -0.956. The standard InChI is InChI=1S/C10H17NO3/c1-10(2,3)9(14)11-6-4-5-7(11)8(12)13/h7H,4-6H2,1-3H3,(H,12,13)/t7-/m0/s1. The van der Waals surface area contributed by atoms with Gasteiger partial charge in [0.05, 0.1) is 0 Å². The molecular weight excluding hydrogens is 182 g/mol. The normalized spacial score (nSPS) is 22.5. The zero-order chi connectivity index (χ0) is 10.9. The summed E-state index contributed by atoms with van der Waals surface area (Å²) in [6.07, 6.45) is 1.37. The van der Waals surface area contributed by atoms with Gasteiger partial charge < -0.3 is 10.0 Å². The smallest absolute Gasteiger partial charge is 0.326 e. The molecule has 4 heteroatoms. The molecule has 4 nitrogen and oxygen atoms in total. The zero-order valence-electron chi connectivity index (χ0n) is 8.91. The Labute approximate surface area is 83.9 Å². The summed E-state index contributed by atoms with van der Waals surface area (Å²) in [5, 5.41) is 8.90. The van der Waals surface area contributed by atoms with E-state index in [4.69, 9.17) is 5.11 Å². The average Bonchev–Trinajstić information content (AvgIpc) is 2.48. The molecule has 1 saturated heterocycles. The van der Waals surface area contributed by atoms with Crippen LogP contribution in [0.15, 0.2) is 0 Å². The average molecular weight is 199 g/mol. The predicted molar refractivity (Wildman–Crippen MR) is 51.8 cm³/mol. The Morgan fingerprint density at radius 3 is 2.36 bits per heavy atom. The van der Waals surface area contributed by atoms with Crippen molar-refractivity contribution in [1.29, 1.82) is 0 Å². The Morgan fingerprint density at radius 1 is 1.36 bits per heavy atom. The van der Waals surface area contributed by atoms with Crippen molar-refractivity contribution in [3.63, 3.8) is 0 Å². The number of likely N-dealkylation sites (tertiary alicyclic amines) is 1. The number of hydrogen-bond acceptors (Lipinski definition) is 2. The first-order valence-corrected chi connectivity index (χ1v) is 4.88. The van der Waals surface area contributed by atoms with E-state index in [0.29, 0.717) is 13.0 Å². The van der Waals surface area contributed by atoms with E-state index in [0.717, 1.165) is 6.42 Å². The summed E-state index contributed by atoms with van der Waals surface area (Å²) in [5.41, 5.74) is -0.488. The number of rotatable bonds is 1. The molecule has 0 bridgehead atoms. The summed E-state index contributed by atoms with van der Waals surface area (Å²) in [7, 11) is 0. The number of nitrogens with zero attached hydrogens (tertiary/aromatic N) is 1. The molecule has 80 valence electrons. The third-order valence-electron chi connectivity index (χ3n) is 2.44.